The first-order valence-electron chi connectivity index (χ1n) is 30.9. The topological polar surface area (TPSA) is 176 Å². The van der Waals surface area contributed by atoms with Crippen molar-refractivity contribution in [3.8, 4) is 0 Å². The van der Waals surface area contributed by atoms with E-state index < -0.39 is 18.5 Å². The lowest BCUT2D eigenvalue weighted by molar-refractivity contribution is -0.548. The molecule has 10 fully saturated rings. The number of allylic oxidation sites excluding steroid dienone is 10. The van der Waals surface area contributed by atoms with Crippen LogP contribution in [0.2, 0.25) is 0 Å². The lowest BCUT2D eigenvalue weighted by atomic mass is 9.74. The van der Waals surface area contributed by atoms with Crippen molar-refractivity contribution in [2.24, 2.45) is 43.3 Å². The molecule has 8 saturated heterocycles. The van der Waals surface area contributed by atoms with E-state index in [0.717, 1.165) is 135 Å². The monoisotopic (exact) mass is 1140 g/mol. The van der Waals surface area contributed by atoms with E-state index in [1.807, 2.05) is 6.08 Å². The second-order valence-electron chi connectivity index (χ2n) is 28.8. The highest BCUT2D eigenvalue weighted by Gasteiger charge is 2.60. The molecule has 458 valence electrons. The van der Waals surface area contributed by atoms with Crippen LogP contribution < -0.4 is 0 Å². The number of hydrogen-bond acceptors (Lipinski definition) is 16. The summed E-state index contributed by atoms with van der Waals surface area (Å²) in [6.45, 7) is 16.8. The van der Waals surface area contributed by atoms with Gasteiger partial charge in [-0.05, 0) is 140 Å². The Kier molecular flexibility index (Phi) is 19.5. The lowest BCUT2D eigenvalue weighted by Crippen LogP contribution is -2.59. The smallest absolute Gasteiger partial charge is 0.396 e. The van der Waals surface area contributed by atoms with E-state index in [4.69, 9.17) is 76.5 Å². The fourth-order valence-corrected chi connectivity index (χ4v) is 13.7. The molecular formula is C65H102O16. The number of fused-ring (bicyclic) bond motifs is 2. The molecule has 0 aromatic carbocycles. The third-order valence-electron chi connectivity index (χ3n) is 19.7. The predicted octanol–water partition coefficient (Wildman–Crippen LogP) is 11.2. The maximum Gasteiger partial charge on any atom is 0.412 e. The van der Waals surface area contributed by atoms with Crippen LogP contribution in [0.1, 0.15) is 170 Å². The molecule has 16 nitrogen and oxygen atoms in total. The lowest BCUT2D eigenvalue weighted by Gasteiger charge is -2.50. The fraction of sp³-hybridized carbons (Fsp3) is 0.846. The zero-order chi connectivity index (χ0) is 55.5. The predicted molar refractivity (Wildman–Crippen MR) is 303 cm³/mol. The number of rotatable bonds is 2. The Morgan fingerprint density at radius 1 is 0.333 bits per heavy atom. The second-order valence-corrected chi connectivity index (χ2v) is 28.8. The molecular weight excluding hydrogens is 1040 g/mol. The van der Waals surface area contributed by atoms with Crippen LogP contribution in [0.5, 0.6) is 0 Å². The van der Waals surface area contributed by atoms with Gasteiger partial charge in [-0.15, -0.1) is 0 Å². The SMILES string of the molecule is C.C1=CCC2(CC1)COC1(OC2)OCC2(CC=CCC2)CO1.C1=CCC2(CC1)COC1(OC2)OCC2(CC=CCC2)CO1.C1CC2(COC3(OC2)OCC2(CCC4OC4C2)CO3)CC2OC12.CC(C)(C)C.OCC1(CO)CC=CCC1. The third kappa shape index (κ3) is 15.3. The summed E-state index contributed by atoms with van der Waals surface area (Å²) in [5.74, 6) is 0. The van der Waals surface area contributed by atoms with Gasteiger partial charge in [0.05, 0.1) is 117 Å². The summed E-state index contributed by atoms with van der Waals surface area (Å²) in [4.78, 5) is 0. The van der Waals surface area contributed by atoms with Crippen LogP contribution in [0.3, 0.4) is 0 Å². The Morgan fingerprint density at radius 3 is 0.778 bits per heavy atom. The number of aliphatic hydroxyl groups is 2. The first kappa shape index (κ1) is 62.1. The molecule has 2 saturated carbocycles. The quantitative estimate of drug-likeness (QED) is 0.197. The first-order chi connectivity index (χ1) is 38.5. The summed E-state index contributed by atoms with van der Waals surface area (Å²) in [5, 5.41) is 17.9. The summed E-state index contributed by atoms with van der Waals surface area (Å²) >= 11 is 0. The van der Waals surface area contributed by atoms with Gasteiger partial charge in [0, 0.05) is 37.9 Å². The van der Waals surface area contributed by atoms with Gasteiger partial charge in [0.25, 0.3) is 0 Å². The minimum atomic E-state index is -1.26. The van der Waals surface area contributed by atoms with E-state index in [-0.39, 0.29) is 58.5 Å². The van der Waals surface area contributed by atoms with Crippen molar-refractivity contribution in [3.63, 3.8) is 0 Å². The van der Waals surface area contributed by atoms with Crippen molar-refractivity contribution in [2.45, 2.75) is 213 Å². The Morgan fingerprint density at radius 2 is 0.580 bits per heavy atom. The highest BCUT2D eigenvalue weighted by atomic mass is 17.0. The van der Waals surface area contributed by atoms with Crippen LogP contribution in [0.4, 0.5) is 0 Å². The minimum Gasteiger partial charge on any atom is -0.396 e. The molecule has 0 bridgehead atoms. The van der Waals surface area contributed by atoms with E-state index in [0.29, 0.717) is 109 Å². The van der Waals surface area contributed by atoms with Gasteiger partial charge in [0.2, 0.25) is 0 Å². The first-order valence-corrected chi connectivity index (χ1v) is 30.9. The Balaban J connectivity index is 0.000000121. The number of aliphatic hydroxyl groups excluding tert-OH is 2. The molecule has 8 heterocycles. The van der Waals surface area contributed by atoms with Gasteiger partial charge in [0.1, 0.15) is 0 Å². The maximum absolute atomic E-state index is 8.95. The van der Waals surface area contributed by atoms with Crippen LogP contribution in [0.25, 0.3) is 0 Å². The van der Waals surface area contributed by atoms with E-state index in [1.165, 1.54) is 0 Å². The van der Waals surface area contributed by atoms with Crippen molar-refractivity contribution < 1.29 is 76.5 Å². The van der Waals surface area contributed by atoms with Gasteiger partial charge >= 0.3 is 18.5 Å². The van der Waals surface area contributed by atoms with Crippen LogP contribution in [-0.4, -0.2) is 146 Å². The number of ether oxygens (including phenoxy) is 14. The molecule has 4 atom stereocenters. The normalized spacial score (nSPS) is 44.9. The summed E-state index contributed by atoms with van der Waals surface area (Å²) in [6, 6.07) is 0. The highest BCUT2D eigenvalue weighted by Crippen LogP contribution is 2.54. The second kappa shape index (κ2) is 25.4. The van der Waals surface area contributed by atoms with Crippen LogP contribution in [0.15, 0.2) is 60.8 Å². The molecule has 0 amide bonds. The standard InChI is InChI=1S/C17H24O6.2C17H24O4.C8H14O2.C5H12.CH4/c1-3-15(5-13-11(1)22-13)7-18-17(19-8-15)20-9-16(10-21-17)4-2-12-14(6-16)23-12;2*1-3-7-15(8-4-1)11-18-17(19-12-15)20-13-16(14-21-17)9-5-2-6-10-16;9-6-8(7-10)4-2-1-3-5-8;1-5(2,3)4;/h11-14H,1-10H2;2*1-3,5H,4,6-14H2;1-2,9-10H,3-7H2;1-4H3;1H4. The van der Waals surface area contributed by atoms with Gasteiger partial charge in [-0.2, -0.15) is 0 Å². The molecule has 0 radical (unpaired) electrons. The molecule has 15 rings (SSSR count). The van der Waals surface area contributed by atoms with Crippen LogP contribution in [-0.2, 0) is 66.3 Å². The molecule has 7 aliphatic carbocycles. The van der Waals surface area contributed by atoms with Crippen molar-refractivity contribution >= 4 is 0 Å². The molecule has 81 heavy (non-hydrogen) atoms. The average Bonchev–Trinajstić information content (AvgIpc) is 4.52. The van der Waals surface area contributed by atoms with Crippen molar-refractivity contribution in [1.29, 1.82) is 0 Å². The van der Waals surface area contributed by atoms with E-state index >= 15 is 0 Å². The molecule has 15 aliphatic rings. The van der Waals surface area contributed by atoms with E-state index in [1.54, 1.807) is 0 Å². The molecule has 8 aliphatic heterocycles. The van der Waals surface area contributed by atoms with Gasteiger partial charge in [0.15, 0.2) is 0 Å². The summed E-state index contributed by atoms with van der Waals surface area (Å²) in [7, 11) is 0. The molecule has 4 unspecified atom stereocenters. The largest absolute Gasteiger partial charge is 0.412 e. The number of hydrogen-bond donors (Lipinski definition) is 2. The Labute approximate surface area is 484 Å². The van der Waals surface area contributed by atoms with Gasteiger partial charge < -0.3 is 76.5 Å². The Bertz CT molecular complexity index is 1930. The van der Waals surface area contributed by atoms with Crippen molar-refractivity contribution in [2.75, 3.05) is 92.5 Å². The summed E-state index contributed by atoms with van der Waals surface area (Å²) in [6.07, 6.45) is 42.4. The van der Waals surface area contributed by atoms with E-state index in [2.05, 4.69) is 82.4 Å². The molecule has 0 aromatic rings. The Hall–Kier alpha value is -1.94. The van der Waals surface area contributed by atoms with Gasteiger partial charge in [-0.3, -0.25) is 0 Å². The van der Waals surface area contributed by atoms with Crippen molar-refractivity contribution in [1.82, 2.24) is 0 Å². The zero-order valence-corrected chi connectivity index (χ0v) is 48.9. The van der Waals surface area contributed by atoms with Gasteiger partial charge in [-0.25, -0.2) is 0 Å². The maximum atomic E-state index is 8.95. The van der Waals surface area contributed by atoms with Gasteiger partial charge in [-0.1, -0.05) is 95.9 Å². The third-order valence-corrected chi connectivity index (χ3v) is 19.7. The van der Waals surface area contributed by atoms with Crippen LogP contribution in [0, 0.1) is 43.3 Å². The molecule has 16 heteroatoms. The van der Waals surface area contributed by atoms with Crippen LogP contribution >= 0.6 is 0 Å². The summed E-state index contributed by atoms with van der Waals surface area (Å²) < 4.78 is 82.6. The minimum absolute atomic E-state index is 0. The highest BCUT2D eigenvalue weighted by molar-refractivity contribution is 5.05. The fourth-order valence-electron chi connectivity index (χ4n) is 13.7. The average molecular weight is 1140 g/mol. The van der Waals surface area contributed by atoms with Crippen molar-refractivity contribution in [3.05, 3.63) is 60.8 Å². The molecule has 2 N–H and O–H groups in total. The molecule has 0 aromatic heterocycles. The summed E-state index contributed by atoms with van der Waals surface area (Å²) in [5.41, 5.74) is 0.944. The number of epoxide rings is 2. The zero-order valence-electron chi connectivity index (χ0n) is 48.9. The van der Waals surface area contributed by atoms with E-state index in [9.17, 15) is 0 Å². The molecule has 9 spiro atoms.